The van der Waals surface area contributed by atoms with E-state index in [9.17, 15) is 0 Å². The number of hydrogen-bond acceptors (Lipinski definition) is 2. The molecule has 1 nitrogen and oxygen atoms in total. The minimum Gasteiger partial charge on any atom is -0.313 e. The van der Waals surface area contributed by atoms with Gasteiger partial charge in [-0.25, -0.2) is 0 Å². The van der Waals surface area contributed by atoms with E-state index in [1.807, 2.05) is 11.8 Å². The van der Waals surface area contributed by atoms with Crippen LogP contribution in [-0.2, 0) is 0 Å². The van der Waals surface area contributed by atoms with Crippen molar-refractivity contribution >= 4 is 11.8 Å². The number of thioether (sulfide) groups is 1. The van der Waals surface area contributed by atoms with Gasteiger partial charge in [0.1, 0.15) is 0 Å². The van der Waals surface area contributed by atoms with E-state index in [1.165, 1.54) is 16.0 Å². The summed E-state index contributed by atoms with van der Waals surface area (Å²) in [4.78, 5) is 1.39. The Hall–Kier alpha value is -0.470. The summed E-state index contributed by atoms with van der Waals surface area (Å²) in [5.74, 6) is 1.84. The molecule has 0 aliphatic rings. The van der Waals surface area contributed by atoms with E-state index in [4.69, 9.17) is 0 Å². The Labute approximate surface area is 110 Å². The molecule has 1 atom stereocenters. The fourth-order valence-electron chi connectivity index (χ4n) is 1.74. The van der Waals surface area contributed by atoms with E-state index >= 15 is 0 Å². The minimum absolute atomic E-state index is 0.603. The van der Waals surface area contributed by atoms with Crippen molar-refractivity contribution in [3.63, 3.8) is 0 Å². The molecule has 1 rings (SSSR count). The van der Waals surface area contributed by atoms with Crippen LogP contribution < -0.4 is 5.32 Å². The van der Waals surface area contributed by atoms with Crippen LogP contribution >= 0.6 is 11.8 Å². The maximum Gasteiger partial charge on any atom is 0.0184 e. The van der Waals surface area contributed by atoms with Crippen LogP contribution in [0.25, 0.3) is 0 Å². The maximum atomic E-state index is 3.56. The van der Waals surface area contributed by atoms with Gasteiger partial charge in [-0.3, -0.25) is 0 Å². The third-order valence-electron chi connectivity index (χ3n) is 3.18. The van der Waals surface area contributed by atoms with E-state index in [2.05, 4.69) is 58.1 Å². The van der Waals surface area contributed by atoms with Gasteiger partial charge in [-0.1, -0.05) is 26.8 Å². The Morgan fingerprint density at radius 3 is 2.41 bits per heavy atom. The molecule has 1 N–H and O–H groups in total. The zero-order valence-electron chi connectivity index (χ0n) is 11.7. The van der Waals surface area contributed by atoms with Gasteiger partial charge in [0.15, 0.2) is 0 Å². The lowest BCUT2D eigenvalue weighted by Crippen LogP contribution is -2.35. The molecule has 2 heteroatoms. The molecular formula is C15H25NS. The zero-order chi connectivity index (χ0) is 12.8. The summed E-state index contributed by atoms with van der Waals surface area (Å²) in [7, 11) is 0. The van der Waals surface area contributed by atoms with Gasteiger partial charge in [0.2, 0.25) is 0 Å². The molecule has 0 aliphatic heterocycles. The second-order valence-electron chi connectivity index (χ2n) is 4.97. The van der Waals surface area contributed by atoms with Crippen molar-refractivity contribution in [2.24, 2.45) is 5.92 Å². The van der Waals surface area contributed by atoms with Crippen molar-refractivity contribution in [2.75, 3.05) is 12.3 Å². The van der Waals surface area contributed by atoms with Gasteiger partial charge in [0.05, 0.1) is 0 Å². The predicted molar refractivity (Wildman–Crippen MR) is 78.9 cm³/mol. The van der Waals surface area contributed by atoms with E-state index in [1.54, 1.807) is 0 Å². The molecule has 0 bridgehead atoms. The molecule has 0 radical (unpaired) electrons. The fourth-order valence-corrected chi connectivity index (χ4v) is 3.04. The summed E-state index contributed by atoms with van der Waals surface area (Å²) in [6, 6.07) is 7.35. The van der Waals surface area contributed by atoms with Crippen LogP contribution in [0.5, 0.6) is 0 Å². The predicted octanol–water partition coefficient (Wildman–Crippen LogP) is 4.03. The third kappa shape index (κ3) is 4.72. The van der Waals surface area contributed by atoms with Gasteiger partial charge in [-0.2, -0.15) is 0 Å². The second-order valence-corrected chi connectivity index (χ2v) is 6.06. The molecule has 0 saturated heterocycles. The largest absolute Gasteiger partial charge is 0.313 e. The van der Waals surface area contributed by atoms with E-state index in [0.717, 1.165) is 12.3 Å². The van der Waals surface area contributed by atoms with Gasteiger partial charge < -0.3 is 5.32 Å². The highest BCUT2D eigenvalue weighted by Crippen LogP contribution is 2.23. The molecule has 0 heterocycles. The molecule has 1 unspecified atom stereocenters. The summed E-state index contributed by atoms with van der Waals surface area (Å²) >= 11 is 1.96. The molecule has 17 heavy (non-hydrogen) atoms. The second kappa shape index (κ2) is 7.07. The van der Waals surface area contributed by atoms with E-state index in [-0.39, 0.29) is 0 Å². The lowest BCUT2D eigenvalue weighted by molar-refractivity contribution is 0.443. The van der Waals surface area contributed by atoms with E-state index in [0.29, 0.717) is 12.0 Å². The zero-order valence-corrected chi connectivity index (χ0v) is 12.5. The standard InChI is InChI=1S/C15H25NS/c1-6-16-15(11(2)3)10-17-14-8-7-12(4)13(5)9-14/h7-9,11,15-16H,6,10H2,1-5H3. The molecule has 96 valence electrons. The first-order valence-corrected chi connectivity index (χ1v) is 7.46. The normalized spacial score (nSPS) is 13.1. The van der Waals surface area contributed by atoms with Crippen LogP contribution in [0, 0.1) is 19.8 Å². The number of rotatable bonds is 6. The molecular weight excluding hydrogens is 226 g/mol. The average molecular weight is 251 g/mol. The van der Waals surface area contributed by atoms with Gasteiger partial charge >= 0.3 is 0 Å². The van der Waals surface area contributed by atoms with Gasteiger partial charge in [0, 0.05) is 16.7 Å². The molecule has 0 amide bonds. The van der Waals surface area contributed by atoms with Crippen molar-refractivity contribution < 1.29 is 0 Å². The molecule has 0 aromatic heterocycles. The smallest absolute Gasteiger partial charge is 0.0184 e. The number of aryl methyl sites for hydroxylation is 2. The Kier molecular flexibility index (Phi) is 6.07. The highest BCUT2D eigenvalue weighted by molar-refractivity contribution is 7.99. The number of benzene rings is 1. The van der Waals surface area contributed by atoms with E-state index < -0.39 is 0 Å². The molecule has 0 saturated carbocycles. The summed E-state index contributed by atoms with van der Waals surface area (Å²) in [5, 5.41) is 3.56. The maximum absolute atomic E-state index is 3.56. The third-order valence-corrected chi connectivity index (χ3v) is 4.29. The van der Waals surface area contributed by atoms with Gasteiger partial charge in [0.25, 0.3) is 0 Å². The number of hydrogen-bond donors (Lipinski definition) is 1. The lowest BCUT2D eigenvalue weighted by Gasteiger charge is -2.21. The summed E-state index contributed by atoms with van der Waals surface area (Å²) in [5.41, 5.74) is 2.76. The quantitative estimate of drug-likeness (QED) is 0.766. The number of nitrogens with one attached hydrogen (secondary N) is 1. The molecule has 1 aromatic carbocycles. The first kappa shape index (κ1) is 14.6. The Morgan fingerprint density at radius 2 is 1.88 bits per heavy atom. The van der Waals surface area contributed by atoms with Crippen LogP contribution in [0.2, 0.25) is 0 Å². The van der Waals surface area contributed by atoms with Crippen molar-refractivity contribution in [1.82, 2.24) is 5.32 Å². The van der Waals surface area contributed by atoms with Gasteiger partial charge in [-0.15, -0.1) is 11.8 Å². The molecule has 0 fully saturated rings. The topological polar surface area (TPSA) is 12.0 Å². The highest BCUT2D eigenvalue weighted by atomic mass is 32.2. The SMILES string of the molecule is CCNC(CSc1ccc(C)c(C)c1)C(C)C. The monoisotopic (exact) mass is 251 g/mol. The highest BCUT2D eigenvalue weighted by Gasteiger charge is 2.12. The summed E-state index contributed by atoms with van der Waals surface area (Å²) in [6.07, 6.45) is 0. The van der Waals surface area contributed by atoms with Crippen molar-refractivity contribution in [2.45, 2.75) is 45.6 Å². The van der Waals surface area contributed by atoms with Gasteiger partial charge in [-0.05, 0) is 49.6 Å². The molecule has 1 aromatic rings. The van der Waals surface area contributed by atoms with Crippen LogP contribution in [0.1, 0.15) is 31.9 Å². The Bertz CT molecular complexity index is 347. The van der Waals surface area contributed by atoms with Crippen LogP contribution in [-0.4, -0.2) is 18.3 Å². The Morgan fingerprint density at radius 1 is 1.18 bits per heavy atom. The fraction of sp³-hybridized carbons (Fsp3) is 0.600. The van der Waals surface area contributed by atoms with Crippen molar-refractivity contribution in [1.29, 1.82) is 0 Å². The minimum atomic E-state index is 0.603. The van der Waals surface area contributed by atoms with Crippen LogP contribution in [0.15, 0.2) is 23.1 Å². The first-order valence-electron chi connectivity index (χ1n) is 6.48. The first-order chi connectivity index (χ1) is 8.04. The average Bonchev–Trinajstić information content (AvgIpc) is 2.28. The van der Waals surface area contributed by atoms with Crippen LogP contribution in [0.4, 0.5) is 0 Å². The lowest BCUT2D eigenvalue weighted by atomic mass is 10.1. The molecule has 0 spiro atoms. The summed E-state index contributed by atoms with van der Waals surface area (Å²) < 4.78 is 0. The van der Waals surface area contributed by atoms with Crippen LogP contribution in [0.3, 0.4) is 0 Å². The molecule has 0 aliphatic carbocycles. The Balaban J connectivity index is 2.56. The summed E-state index contributed by atoms with van der Waals surface area (Å²) in [6.45, 7) is 12.2. The van der Waals surface area contributed by atoms with Crippen molar-refractivity contribution in [3.8, 4) is 0 Å². The van der Waals surface area contributed by atoms with Crippen molar-refractivity contribution in [3.05, 3.63) is 29.3 Å².